The van der Waals surface area contributed by atoms with Gasteiger partial charge in [0.1, 0.15) is 0 Å². The number of carbonyl (C=O) groups excluding carboxylic acids is 2. The lowest BCUT2D eigenvalue weighted by molar-refractivity contribution is -0.125. The maximum Gasteiger partial charge on any atom is 0.243 e. The number of nitrogens with two attached hydrogens (primary N) is 1. The quantitative estimate of drug-likeness (QED) is 0.673. The standard InChI is InChI=1S/C18H24N4O2S2/c1-10(2)16(19)17(24)20-8-15(23)22-14-6-5-13(7-11(14)3)26-18-21-12(4)9-25-18/h5-7,9-10,16H,8,19H2,1-4H3,(H,20,24)(H,22,23)/t16-/m0/s1. The van der Waals surface area contributed by atoms with Crippen molar-refractivity contribution in [3.63, 3.8) is 0 Å². The number of nitrogens with zero attached hydrogens (tertiary/aromatic N) is 1. The molecule has 1 atom stereocenters. The summed E-state index contributed by atoms with van der Waals surface area (Å²) in [5.41, 5.74) is 8.43. The van der Waals surface area contributed by atoms with Crippen LogP contribution >= 0.6 is 23.1 Å². The Kier molecular flexibility index (Phi) is 7.19. The molecule has 1 heterocycles. The topological polar surface area (TPSA) is 97.1 Å². The van der Waals surface area contributed by atoms with Crippen molar-refractivity contribution in [2.24, 2.45) is 11.7 Å². The fraction of sp³-hybridized carbons (Fsp3) is 0.389. The van der Waals surface area contributed by atoms with Gasteiger partial charge in [0.2, 0.25) is 11.8 Å². The Labute approximate surface area is 162 Å². The van der Waals surface area contributed by atoms with Gasteiger partial charge in [0.25, 0.3) is 0 Å². The van der Waals surface area contributed by atoms with E-state index in [1.807, 2.05) is 51.3 Å². The van der Waals surface area contributed by atoms with Gasteiger partial charge in [0, 0.05) is 21.7 Å². The number of aromatic nitrogens is 1. The van der Waals surface area contributed by atoms with E-state index in [4.69, 9.17) is 5.73 Å². The van der Waals surface area contributed by atoms with Gasteiger partial charge in [-0.25, -0.2) is 4.98 Å². The lowest BCUT2D eigenvalue weighted by Gasteiger charge is -2.15. The van der Waals surface area contributed by atoms with Crippen molar-refractivity contribution in [2.45, 2.75) is 43.0 Å². The number of anilines is 1. The lowest BCUT2D eigenvalue weighted by Crippen LogP contribution is -2.46. The summed E-state index contributed by atoms with van der Waals surface area (Å²) < 4.78 is 0.989. The molecule has 26 heavy (non-hydrogen) atoms. The first-order valence-electron chi connectivity index (χ1n) is 8.30. The van der Waals surface area contributed by atoms with Crippen molar-refractivity contribution >= 4 is 40.6 Å². The maximum absolute atomic E-state index is 12.1. The monoisotopic (exact) mass is 392 g/mol. The normalized spacial score (nSPS) is 12.1. The van der Waals surface area contributed by atoms with E-state index in [2.05, 4.69) is 15.6 Å². The van der Waals surface area contributed by atoms with Crippen LogP contribution in [0.25, 0.3) is 0 Å². The molecule has 2 rings (SSSR count). The molecule has 0 aliphatic carbocycles. The van der Waals surface area contributed by atoms with Crippen LogP contribution in [0.2, 0.25) is 0 Å². The number of benzene rings is 1. The van der Waals surface area contributed by atoms with Gasteiger partial charge in [-0.1, -0.05) is 25.6 Å². The van der Waals surface area contributed by atoms with Gasteiger partial charge in [-0.2, -0.15) is 0 Å². The number of hydrogen-bond acceptors (Lipinski definition) is 6. The third kappa shape index (κ3) is 5.82. The van der Waals surface area contributed by atoms with Crippen LogP contribution in [0, 0.1) is 19.8 Å². The number of hydrogen-bond donors (Lipinski definition) is 3. The molecule has 0 aliphatic heterocycles. The molecule has 0 spiro atoms. The first-order valence-corrected chi connectivity index (χ1v) is 9.99. The van der Waals surface area contributed by atoms with Crippen molar-refractivity contribution in [3.05, 3.63) is 34.8 Å². The molecule has 1 aromatic carbocycles. The van der Waals surface area contributed by atoms with Crippen LogP contribution in [0.4, 0.5) is 5.69 Å². The summed E-state index contributed by atoms with van der Waals surface area (Å²) in [6.07, 6.45) is 0. The highest BCUT2D eigenvalue weighted by molar-refractivity contribution is 8.01. The van der Waals surface area contributed by atoms with Gasteiger partial charge < -0.3 is 16.4 Å². The van der Waals surface area contributed by atoms with Crippen molar-refractivity contribution in [3.8, 4) is 0 Å². The highest BCUT2D eigenvalue weighted by atomic mass is 32.2. The molecular formula is C18H24N4O2S2. The molecule has 6 nitrogen and oxygen atoms in total. The fourth-order valence-electron chi connectivity index (χ4n) is 2.10. The average Bonchev–Trinajstić information content (AvgIpc) is 2.99. The van der Waals surface area contributed by atoms with Crippen molar-refractivity contribution in [1.29, 1.82) is 0 Å². The fourth-order valence-corrected chi connectivity index (χ4v) is 4.01. The first-order chi connectivity index (χ1) is 12.3. The molecule has 0 saturated carbocycles. The molecule has 0 fully saturated rings. The molecule has 0 unspecified atom stereocenters. The van der Waals surface area contributed by atoms with Crippen molar-refractivity contribution in [1.82, 2.24) is 10.3 Å². The molecule has 0 radical (unpaired) electrons. The molecule has 4 N–H and O–H groups in total. The minimum atomic E-state index is -0.615. The van der Waals surface area contributed by atoms with E-state index in [0.717, 1.165) is 26.2 Å². The van der Waals surface area contributed by atoms with Crippen LogP contribution in [0.3, 0.4) is 0 Å². The molecule has 0 bridgehead atoms. The van der Waals surface area contributed by atoms with Gasteiger partial charge in [0.15, 0.2) is 4.34 Å². The summed E-state index contributed by atoms with van der Waals surface area (Å²) in [4.78, 5) is 29.4. The van der Waals surface area contributed by atoms with Crippen LogP contribution in [-0.2, 0) is 9.59 Å². The second-order valence-electron chi connectivity index (χ2n) is 6.37. The molecule has 1 aromatic heterocycles. The zero-order chi connectivity index (χ0) is 19.3. The van der Waals surface area contributed by atoms with Gasteiger partial charge in [-0.05, 0) is 43.5 Å². The van der Waals surface area contributed by atoms with Crippen LogP contribution in [0.1, 0.15) is 25.1 Å². The predicted octanol–water partition coefficient (Wildman–Crippen LogP) is 2.95. The maximum atomic E-state index is 12.1. The predicted molar refractivity (Wildman–Crippen MR) is 107 cm³/mol. The van der Waals surface area contributed by atoms with E-state index in [-0.39, 0.29) is 24.3 Å². The minimum Gasteiger partial charge on any atom is -0.346 e. The first kappa shape index (κ1) is 20.4. The second-order valence-corrected chi connectivity index (χ2v) is 8.55. The van der Waals surface area contributed by atoms with Crippen molar-refractivity contribution in [2.75, 3.05) is 11.9 Å². The molecule has 0 saturated heterocycles. The Hall–Kier alpha value is -1.90. The summed E-state index contributed by atoms with van der Waals surface area (Å²) >= 11 is 3.20. The number of nitrogens with one attached hydrogen (secondary N) is 2. The Bertz CT molecular complexity index is 789. The lowest BCUT2D eigenvalue weighted by atomic mass is 10.1. The molecular weight excluding hydrogens is 368 g/mol. The minimum absolute atomic E-state index is 0.0203. The third-order valence-electron chi connectivity index (χ3n) is 3.72. The van der Waals surface area contributed by atoms with E-state index < -0.39 is 6.04 Å². The van der Waals surface area contributed by atoms with E-state index in [1.54, 1.807) is 23.1 Å². The van der Waals surface area contributed by atoms with E-state index >= 15 is 0 Å². The molecule has 0 aliphatic rings. The zero-order valence-electron chi connectivity index (χ0n) is 15.3. The molecule has 2 aromatic rings. The highest BCUT2D eigenvalue weighted by Gasteiger charge is 2.17. The smallest absolute Gasteiger partial charge is 0.243 e. The van der Waals surface area contributed by atoms with Gasteiger partial charge in [-0.3, -0.25) is 9.59 Å². The number of aryl methyl sites for hydroxylation is 2. The highest BCUT2D eigenvalue weighted by Crippen LogP contribution is 2.32. The summed E-state index contributed by atoms with van der Waals surface area (Å²) in [6, 6.07) is 5.19. The average molecular weight is 393 g/mol. The summed E-state index contributed by atoms with van der Waals surface area (Å²) in [6.45, 7) is 7.52. The molecule has 2 amide bonds. The number of rotatable bonds is 7. The Balaban J connectivity index is 1.91. The third-order valence-corrected chi connectivity index (χ3v) is 5.77. The largest absolute Gasteiger partial charge is 0.346 e. The molecule has 140 valence electrons. The number of amides is 2. The number of carbonyl (C=O) groups is 2. The Morgan fingerprint density at radius 2 is 2.04 bits per heavy atom. The van der Waals surface area contributed by atoms with Gasteiger partial charge in [-0.15, -0.1) is 11.3 Å². The van der Waals surface area contributed by atoms with E-state index in [1.165, 1.54) is 0 Å². The summed E-state index contributed by atoms with van der Waals surface area (Å²) in [5.74, 6) is -0.585. The Morgan fingerprint density at radius 1 is 1.31 bits per heavy atom. The number of thiazole rings is 1. The van der Waals surface area contributed by atoms with Crippen LogP contribution < -0.4 is 16.4 Å². The van der Waals surface area contributed by atoms with E-state index in [0.29, 0.717) is 0 Å². The molecule has 8 heteroatoms. The van der Waals surface area contributed by atoms with Gasteiger partial charge >= 0.3 is 0 Å². The van der Waals surface area contributed by atoms with E-state index in [9.17, 15) is 9.59 Å². The SMILES string of the molecule is Cc1csc(Sc2ccc(NC(=O)CNC(=O)[C@@H](N)C(C)C)c(C)c2)n1. The van der Waals surface area contributed by atoms with Crippen LogP contribution in [0.5, 0.6) is 0 Å². The van der Waals surface area contributed by atoms with Gasteiger partial charge in [0.05, 0.1) is 12.6 Å². The zero-order valence-corrected chi connectivity index (χ0v) is 17.0. The summed E-state index contributed by atoms with van der Waals surface area (Å²) in [5, 5.41) is 7.39. The summed E-state index contributed by atoms with van der Waals surface area (Å²) in [7, 11) is 0. The van der Waals surface area contributed by atoms with Crippen molar-refractivity contribution < 1.29 is 9.59 Å². The second kappa shape index (κ2) is 9.16. The Morgan fingerprint density at radius 3 is 2.62 bits per heavy atom. The van der Waals surface area contributed by atoms with Crippen LogP contribution in [-0.4, -0.2) is 29.4 Å². The van der Waals surface area contributed by atoms with Crippen LogP contribution in [0.15, 0.2) is 32.8 Å².